The zero-order valence-electron chi connectivity index (χ0n) is 13.7. The standard InChI is InChI=1S/C18H13Cl2N3O4/c19-12-4-1-10(2-5-12)9-21-18(26)27-16-8-14(22-23-17(16)25)11-3-6-15(24)13(20)7-11/h1-8,24H,9H2,(H,21,26)(H,23,25). The molecule has 1 heterocycles. The van der Waals surface area contributed by atoms with Gasteiger partial charge in [-0.1, -0.05) is 35.3 Å². The average molecular weight is 406 g/mol. The molecule has 0 aliphatic rings. The maximum absolute atomic E-state index is 12.0. The molecule has 7 nitrogen and oxygen atoms in total. The Balaban J connectivity index is 1.72. The number of carbonyl (C=O) groups is 1. The fraction of sp³-hybridized carbons (Fsp3) is 0.0556. The van der Waals surface area contributed by atoms with Crippen LogP contribution in [0.15, 0.2) is 53.3 Å². The SMILES string of the molecule is O=C(NCc1ccc(Cl)cc1)Oc1cc(-c2ccc(O)c(Cl)c2)n[nH]c1=O. The second kappa shape index (κ2) is 8.11. The predicted octanol–water partition coefficient (Wildman–Crippen LogP) is 3.74. The lowest BCUT2D eigenvalue weighted by atomic mass is 10.1. The predicted molar refractivity (Wildman–Crippen MR) is 101 cm³/mol. The molecule has 0 aliphatic heterocycles. The first-order chi connectivity index (χ1) is 12.9. The van der Waals surface area contributed by atoms with Gasteiger partial charge < -0.3 is 15.2 Å². The molecule has 138 valence electrons. The number of phenols is 1. The van der Waals surface area contributed by atoms with E-state index in [0.717, 1.165) is 5.56 Å². The highest BCUT2D eigenvalue weighted by molar-refractivity contribution is 6.32. The molecule has 27 heavy (non-hydrogen) atoms. The summed E-state index contributed by atoms with van der Waals surface area (Å²) in [5, 5.41) is 18.9. The normalized spacial score (nSPS) is 10.4. The summed E-state index contributed by atoms with van der Waals surface area (Å²) < 4.78 is 5.06. The number of hydrogen-bond donors (Lipinski definition) is 3. The number of carbonyl (C=O) groups excluding carboxylic acids is 1. The van der Waals surface area contributed by atoms with Crippen LogP contribution in [-0.2, 0) is 6.54 Å². The number of ether oxygens (including phenoxy) is 1. The van der Waals surface area contributed by atoms with Gasteiger partial charge in [0.1, 0.15) is 5.75 Å². The molecule has 3 rings (SSSR count). The highest BCUT2D eigenvalue weighted by Gasteiger charge is 2.12. The summed E-state index contributed by atoms with van der Waals surface area (Å²) in [6.07, 6.45) is -0.795. The van der Waals surface area contributed by atoms with Crippen LogP contribution >= 0.6 is 23.2 Å². The van der Waals surface area contributed by atoms with E-state index in [1.807, 2.05) is 0 Å². The first-order valence-electron chi connectivity index (χ1n) is 7.71. The van der Waals surface area contributed by atoms with Crippen molar-refractivity contribution >= 4 is 29.3 Å². The number of aromatic hydroxyl groups is 1. The van der Waals surface area contributed by atoms with Crippen molar-refractivity contribution in [1.82, 2.24) is 15.5 Å². The van der Waals surface area contributed by atoms with Crippen molar-refractivity contribution in [2.75, 3.05) is 0 Å². The van der Waals surface area contributed by atoms with Gasteiger partial charge in [-0.3, -0.25) is 4.79 Å². The number of aromatic nitrogens is 2. The Morgan fingerprint density at radius 3 is 2.59 bits per heavy atom. The summed E-state index contributed by atoms with van der Waals surface area (Å²) in [5.74, 6) is -0.305. The van der Waals surface area contributed by atoms with Crippen LogP contribution in [0.3, 0.4) is 0 Å². The highest BCUT2D eigenvalue weighted by Crippen LogP contribution is 2.28. The van der Waals surface area contributed by atoms with E-state index in [4.69, 9.17) is 27.9 Å². The molecule has 0 saturated carbocycles. The monoisotopic (exact) mass is 405 g/mol. The van der Waals surface area contributed by atoms with E-state index in [1.54, 1.807) is 30.3 Å². The Hall–Kier alpha value is -3.03. The molecule has 0 unspecified atom stereocenters. The second-order valence-corrected chi connectivity index (χ2v) is 6.33. The van der Waals surface area contributed by atoms with E-state index in [9.17, 15) is 14.7 Å². The Bertz CT molecular complexity index is 1040. The van der Waals surface area contributed by atoms with Crippen molar-refractivity contribution < 1.29 is 14.6 Å². The maximum Gasteiger partial charge on any atom is 0.413 e. The van der Waals surface area contributed by atoms with Crippen molar-refractivity contribution in [3.63, 3.8) is 0 Å². The van der Waals surface area contributed by atoms with E-state index >= 15 is 0 Å². The lowest BCUT2D eigenvalue weighted by molar-refractivity contribution is 0.199. The molecule has 0 bridgehead atoms. The molecule has 2 aromatic carbocycles. The molecule has 0 saturated heterocycles. The minimum atomic E-state index is -0.795. The Morgan fingerprint density at radius 1 is 1.15 bits per heavy atom. The zero-order valence-corrected chi connectivity index (χ0v) is 15.2. The van der Waals surface area contributed by atoms with Gasteiger partial charge in [-0.25, -0.2) is 9.89 Å². The van der Waals surface area contributed by atoms with Crippen LogP contribution in [0, 0.1) is 0 Å². The molecule has 9 heteroatoms. The number of aromatic amines is 1. The molecule has 0 aliphatic carbocycles. The van der Waals surface area contributed by atoms with Crippen LogP contribution in [0.2, 0.25) is 10.0 Å². The quantitative estimate of drug-likeness (QED) is 0.613. The zero-order chi connectivity index (χ0) is 19.4. The van der Waals surface area contributed by atoms with Crippen molar-refractivity contribution in [2.24, 2.45) is 0 Å². The third-order valence-electron chi connectivity index (χ3n) is 3.57. The van der Waals surface area contributed by atoms with Gasteiger partial charge in [0.05, 0.1) is 10.7 Å². The van der Waals surface area contributed by atoms with E-state index in [-0.39, 0.29) is 23.1 Å². The fourth-order valence-electron chi connectivity index (χ4n) is 2.19. The van der Waals surface area contributed by atoms with E-state index in [0.29, 0.717) is 16.3 Å². The Kier molecular flexibility index (Phi) is 5.63. The molecule has 1 aromatic heterocycles. The number of H-pyrrole nitrogens is 1. The maximum atomic E-state index is 12.0. The van der Waals surface area contributed by atoms with Gasteiger partial charge >= 0.3 is 11.7 Å². The van der Waals surface area contributed by atoms with Crippen LogP contribution in [0.1, 0.15) is 5.56 Å². The number of halogens is 2. The molecule has 3 aromatic rings. The molecule has 0 spiro atoms. The lowest BCUT2D eigenvalue weighted by Gasteiger charge is -2.08. The molecule has 0 radical (unpaired) electrons. The number of nitrogens with zero attached hydrogens (tertiary/aromatic N) is 1. The van der Waals surface area contributed by atoms with Crippen LogP contribution < -0.4 is 15.6 Å². The second-order valence-electron chi connectivity index (χ2n) is 5.48. The Morgan fingerprint density at radius 2 is 1.89 bits per heavy atom. The van der Waals surface area contributed by atoms with Gasteiger partial charge in [0.15, 0.2) is 0 Å². The van der Waals surface area contributed by atoms with Crippen LogP contribution in [-0.4, -0.2) is 21.4 Å². The summed E-state index contributed by atoms with van der Waals surface area (Å²) in [6, 6.07) is 12.7. The first kappa shape index (κ1) is 18.8. The van der Waals surface area contributed by atoms with Crippen LogP contribution in [0.4, 0.5) is 4.79 Å². The van der Waals surface area contributed by atoms with E-state index in [1.165, 1.54) is 18.2 Å². The minimum Gasteiger partial charge on any atom is -0.506 e. The van der Waals surface area contributed by atoms with Crippen LogP contribution in [0.5, 0.6) is 11.5 Å². The van der Waals surface area contributed by atoms with Gasteiger partial charge in [0.25, 0.3) is 0 Å². The van der Waals surface area contributed by atoms with Gasteiger partial charge in [-0.2, -0.15) is 5.10 Å². The number of rotatable bonds is 4. The topological polar surface area (TPSA) is 104 Å². The average Bonchev–Trinajstić information content (AvgIpc) is 2.65. The number of nitrogens with one attached hydrogen (secondary N) is 2. The van der Waals surface area contributed by atoms with Crippen molar-refractivity contribution in [1.29, 1.82) is 0 Å². The molecule has 0 atom stereocenters. The molecular weight excluding hydrogens is 393 g/mol. The summed E-state index contributed by atoms with van der Waals surface area (Å²) in [7, 11) is 0. The number of amides is 1. The van der Waals surface area contributed by atoms with Gasteiger partial charge in [-0.05, 0) is 35.9 Å². The minimum absolute atomic E-state index is 0.0807. The van der Waals surface area contributed by atoms with E-state index < -0.39 is 11.7 Å². The smallest absolute Gasteiger partial charge is 0.413 e. The number of phenolic OH excluding ortho intramolecular Hbond substituents is 1. The molecule has 0 fully saturated rings. The third kappa shape index (κ3) is 4.78. The van der Waals surface area contributed by atoms with Crippen LogP contribution in [0.25, 0.3) is 11.3 Å². The van der Waals surface area contributed by atoms with Gasteiger partial charge in [0.2, 0.25) is 5.75 Å². The third-order valence-corrected chi connectivity index (χ3v) is 4.12. The summed E-state index contributed by atoms with van der Waals surface area (Å²) in [4.78, 5) is 23.8. The summed E-state index contributed by atoms with van der Waals surface area (Å²) >= 11 is 11.7. The first-order valence-corrected chi connectivity index (χ1v) is 8.47. The molecular formula is C18H13Cl2N3O4. The number of benzene rings is 2. The van der Waals surface area contributed by atoms with Gasteiger partial charge in [-0.15, -0.1) is 0 Å². The highest BCUT2D eigenvalue weighted by atomic mass is 35.5. The number of hydrogen-bond acceptors (Lipinski definition) is 5. The summed E-state index contributed by atoms with van der Waals surface area (Å²) in [6.45, 7) is 0.208. The van der Waals surface area contributed by atoms with Crippen molar-refractivity contribution in [2.45, 2.75) is 6.54 Å². The lowest BCUT2D eigenvalue weighted by Crippen LogP contribution is -2.28. The molecule has 1 amide bonds. The van der Waals surface area contributed by atoms with Gasteiger partial charge in [0, 0.05) is 23.2 Å². The molecule has 3 N–H and O–H groups in total. The largest absolute Gasteiger partial charge is 0.506 e. The van der Waals surface area contributed by atoms with E-state index in [2.05, 4.69) is 15.5 Å². The van der Waals surface area contributed by atoms with Crippen molar-refractivity contribution in [3.05, 3.63) is 74.5 Å². The summed E-state index contributed by atoms with van der Waals surface area (Å²) in [5.41, 5.74) is 1.00. The van der Waals surface area contributed by atoms with Crippen molar-refractivity contribution in [3.8, 4) is 22.8 Å². The fourth-order valence-corrected chi connectivity index (χ4v) is 2.50. The Labute approximate surface area is 163 Å².